The molecule has 6 heteroatoms. The van der Waals surface area contributed by atoms with Gasteiger partial charge in [0.2, 0.25) is 5.95 Å². The van der Waals surface area contributed by atoms with Crippen LogP contribution >= 0.6 is 0 Å². The number of nitrogens with zero attached hydrogens (tertiary/aromatic N) is 4. The summed E-state index contributed by atoms with van der Waals surface area (Å²) in [7, 11) is 2.06. The Bertz CT molecular complexity index is 754. The van der Waals surface area contributed by atoms with Crippen LogP contribution in [0.5, 0.6) is 0 Å². The van der Waals surface area contributed by atoms with Crippen LogP contribution in [0.1, 0.15) is 69.9 Å². The average molecular weight is 383 g/mol. The molecule has 0 radical (unpaired) electrons. The summed E-state index contributed by atoms with van der Waals surface area (Å²) in [5.74, 6) is 1.49. The van der Waals surface area contributed by atoms with Crippen LogP contribution < -0.4 is 11.1 Å². The van der Waals surface area contributed by atoms with E-state index in [9.17, 15) is 0 Å². The maximum Gasteiger partial charge on any atom is 0.223 e. The second-order valence-electron chi connectivity index (χ2n) is 8.71. The fraction of sp³-hybridized carbons (Fsp3) is 0.682. The number of aromatic nitrogens is 4. The molecule has 0 saturated heterocycles. The molecule has 28 heavy (non-hydrogen) atoms. The van der Waals surface area contributed by atoms with Gasteiger partial charge in [0.05, 0.1) is 11.9 Å². The van der Waals surface area contributed by atoms with Gasteiger partial charge in [0, 0.05) is 36.6 Å². The Morgan fingerprint density at radius 2 is 1.82 bits per heavy atom. The fourth-order valence-electron chi connectivity index (χ4n) is 4.78. The highest BCUT2D eigenvalue weighted by molar-refractivity contribution is 5.62. The van der Waals surface area contributed by atoms with Crippen molar-refractivity contribution in [1.29, 1.82) is 0 Å². The van der Waals surface area contributed by atoms with Gasteiger partial charge < -0.3 is 11.1 Å². The summed E-state index contributed by atoms with van der Waals surface area (Å²) < 4.78 is 2.04. The Morgan fingerprint density at radius 1 is 1.07 bits per heavy atom. The van der Waals surface area contributed by atoms with Crippen LogP contribution in [-0.4, -0.2) is 31.8 Å². The second kappa shape index (κ2) is 9.03. The number of aryl methyl sites for hydroxylation is 1. The predicted molar refractivity (Wildman–Crippen MR) is 113 cm³/mol. The lowest BCUT2D eigenvalue weighted by Crippen LogP contribution is -2.33. The largest absolute Gasteiger partial charge is 0.351 e. The molecule has 0 spiro atoms. The third kappa shape index (κ3) is 4.72. The van der Waals surface area contributed by atoms with Gasteiger partial charge in [0.1, 0.15) is 0 Å². The molecule has 2 aliphatic carbocycles. The van der Waals surface area contributed by atoms with Gasteiger partial charge >= 0.3 is 0 Å². The molecule has 3 N–H and O–H groups in total. The summed E-state index contributed by atoms with van der Waals surface area (Å²) in [5.41, 5.74) is 9.46. The maximum atomic E-state index is 6.03. The standard InChI is InChI=1S/C22H34N6/c1-28-21(14-16-6-4-2-3-5-7-16)19(15-25-28)20-12-13-24-22(27-20)26-18-10-8-17(23)9-11-18/h12-13,15-18H,2-11,14,23H2,1H3,(H,24,26,27). The molecule has 0 amide bonds. The predicted octanol–water partition coefficient (Wildman–Crippen LogP) is 4.07. The summed E-state index contributed by atoms with van der Waals surface area (Å²) in [4.78, 5) is 9.30. The number of hydrogen-bond donors (Lipinski definition) is 2. The van der Waals surface area contributed by atoms with E-state index in [0.29, 0.717) is 12.1 Å². The number of hydrogen-bond acceptors (Lipinski definition) is 5. The van der Waals surface area contributed by atoms with Crippen molar-refractivity contribution in [1.82, 2.24) is 19.7 Å². The lowest BCUT2D eigenvalue weighted by molar-refractivity contribution is 0.410. The minimum atomic E-state index is 0.354. The van der Waals surface area contributed by atoms with Crippen molar-refractivity contribution in [3.8, 4) is 11.3 Å². The SMILES string of the molecule is Cn1ncc(-c2ccnc(NC3CCC(N)CC3)n2)c1CC1CCCCCC1. The van der Waals surface area contributed by atoms with Crippen molar-refractivity contribution < 1.29 is 0 Å². The Hall–Kier alpha value is -1.95. The molecular formula is C22H34N6. The normalized spacial score (nSPS) is 24.1. The molecule has 0 bridgehead atoms. The van der Waals surface area contributed by atoms with Crippen molar-refractivity contribution in [2.24, 2.45) is 18.7 Å². The van der Waals surface area contributed by atoms with E-state index in [1.54, 1.807) is 0 Å². The highest BCUT2D eigenvalue weighted by Crippen LogP contribution is 2.30. The molecule has 0 atom stereocenters. The minimum Gasteiger partial charge on any atom is -0.351 e. The molecule has 0 aliphatic heterocycles. The van der Waals surface area contributed by atoms with Gasteiger partial charge in [-0.2, -0.15) is 5.10 Å². The number of rotatable bonds is 5. The first-order chi connectivity index (χ1) is 13.7. The first kappa shape index (κ1) is 19.4. The molecule has 2 aromatic heterocycles. The van der Waals surface area contributed by atoms with Crippen molar-refractivity contribution in [3.05, 3.63) is 24.2 Å². The highest BCUT2D eigenvalue weighted by Gasteiger charge is 2.21. The van der Waals surface area contributed by atoms with Gasteiger partial charge in [-0.15, -0.1) is 0 Å². The van der Waals surface area contributed by atoms with Gasteiger partial charge in [-0.1, -0.05) is 38.5 Å². The molecule has 2 saturated carbocycles. The van der Waals surface area contributed by atoms with Crippen molar-refractivity contribution in [2.45, 2.75) is 82.7 Å². The van der Waals surface area contributed by atoms with Gasteiger partial charge in [-0.25, -0.2) is 9.97 Å². The van der Waals surface area contributed by atoms with Gasteiger partial charge in [0.15, 0.2) is 0 Å². The molecule has 2 heterocycles. The van der Waals surface area contributed by atoms with Gasteiger partial charge in [0.25, 0.3) is 0 Å². The minimum absolute atomic E-state index is 0.354. The topological polar surface area (TPSA) is 81.7 Å². The molecule has 6 nitrogen and oxygen atoms in total. The monoisotopic (exact) mass is 382 g/mol. The number of nitrogens with two attached hydrogens (primary N) is 1. The summed E-state index contributed by atoms with van der Waals surface area (Å²) in [6, 6.07) is 2.79. The smallest absolute Gasteiger partial charge is 0.223 e. The second-order valence-corrected chi connectivity index (χ2v) is 8.71. The number of anilines is 1. The molecule has 2 aliphatic rings. The zero-order valence-corrected chi connectivity index (χ0v) is 17.1. The van der Waals surface area contributed by atoms with Crippen LogP contribution in [0.3, 0.4) is 0 Å². The van der Waals surface area contributed by atoms with Crippen LogP contribution in [0.15, 0.2) is 18.5 Å². The Balaban J connectivity index is 1.49. The molecule has 0 aromatic carbocycles. The van der Waals surface area contributed by atoms with E-state index in [-0.39, 0.29) is 0 Å². The first-order valence-electron chi connectivity index (χ1n) is 11.1. The lowest BCUT2D eigenvalue weighted by Gasteiger charge is -2.26. The maximum absolute atomic E-state index is 6.03. The molecule has 2 aromatic rings. The molecule has 0 unspecified atom stereocenters. The van der Waals surface area contributed by atoms with Crippen LogP contribution in [0, 0.1) is 5.92 Å². The van der Waals surface area contributed by atoms with E-state index in [0.717, 1.165) is 55.2 Å². The van der Waals surface area contributed by atoms with E-state index in [2.05, 4.69) is 22.4 Å². The average Bonchev–Trinajstić information content (AvgIpc) is 2.90. The highest BCUT2D eigenvalue weighted by atomic mass is 15.3. The van der Waals surface area contributed by atoms with Gasteiger partial charge in [-0.05, 0) is 44.1 Å². The van der Waals surface area contributed by atoms with E-state index < -0.39 is 0 Å². The summed E-state index contributed by atoms with van der Waals surface area (Å²) >= 11 is 0. The lowest BCUT2D eigenvalue weighted by atomic mass is 9.92. The number of nitrogens with one attached hydrogen (secondary N) is 1. The van der Waals surface area contributed by atoms with Crippen LogP contribution in [0.2, 0.25) is 0 Å². The van der Waals surface area contributed by atoms with E-state index >= 15 is 0 Å². The van der Waals surface area contributed by atoms with Crippen LogP contribution in [-0.2, 0) is 13.5 Å². The molecular weight excluding hydrogens is 348 g/mol. The quantitative estimate of drug-likeness (QED) is 0.762. The zero-order valence-electron chi connectivity index (χ0n) is 17.1. The van der Waals surface area contributed by atoms with Crippen molar-refractivity contribution >= 4 is 5.95 Å². The summed E-state index contributed by atoms with van der Waals surface area (Å²) in [6.07, 6.45) is 17.5. The van der Waals surface area contributed by atoms with E-state index in [4.69, 9.17) is 10.7 Å². The summed E-state index contributed by atoms with van der Waals surface area (Å²) in [5, 5.41) is 8.08. The van der Waals surface area contributed by atoms with Crippen molar-refractivity contribution in [2.75, 3.05) is 5.32 Å². The van der Waals surface area contributed by atoms with Crippen LogP contribution in [0.25, 0.3) is 11.3 Å². The summed E-state index contributed by atoms with van der Waals surface area (Å²) in [6.45, 7) is 0. The van der Waals surface area contributed by atoms with Crippen molar-refractivity contribution in [3.63, 3.8) is 0 Å². The zero-order chi connectivity index (χ0) is 19.3. The molecule has 4 rings (SSSR count). The molecule has 2 fully saturated rings. The molecule has 152 valence electrons. The van der Waals surface area contributed by atoms with Crippen LogP contribution in [0.4, 0.5) is 5.95 Å². The first-order valence-corrected chi connectivity index (χ1v) is 11.1. The fourth-order valence-corrected chi connectivity index (χ4v) is 4.78. The Kier molecular flexibility index (Phi) is 6.25. The third-order valence-electron chi connectivity index (χ3n) is 6.55. The van der Waals surface area contributed by atoms with E-state index in [1.807, 2.05) is 23.1 Å². The van der Waals surface area contributed by atoms with E-state index in [1.165, 1.54) is 44.2 Å². The third-order valence-corrected chi connectivity index (χ3v) is 6.55. The van der Waals surface area contributed by atoms with Gasteiger partial charge in [-0.3, -0.25) is 4.68 Å². The Morgan fingerprint density at radius 3 is 2.57 bits per heavy atom. The Labute approximate surface area is 168 Å².